The van der Waals surface area contributed by atoms with Crippen LogP contribution in [0.15, 0.2) is 58.3 Å². The fourth-order valence-electron chi connectivity index (χ4n) is 3.56. The fraction of sp³-hybridized carbons (Fsp3) is 0.375. The van der Waals surface area contributed by atoms with E-state index in [1.165, 1.54) is 18.4 Å². The molecule has 0 unspecified atom stereocenters. The summed E-state index contributed by atoms with van der Waals surface area (Å²) in [5.74, 6) is 2.01. The lowest BCUT2D eigenvalue weighted by Gasteiger charge is -2.13. The Balaban J connectivity index is 0.00000289. The number of ether oxygens (including phenoxy) is 1. The summed E-state index contributed by atoms with van der Waals surface area (Å²) >= 11 is 0. The minimum atomic E-state index is 0. The van der Waals surface area contributed by atoms with Crippen molar-refractivity contribution < 1.29 is 9.15 Å². The summed E-state index contributed by atoms with van der Waals surface area (Å²) in [6.07, 6.45) is 8.59. The van der Waals surface area contributed by atoms with E-state index in [2.05, 4.69) is 32.5 Å². The van der Waals surface area contributed by atoms with Gasteiger partial charge in [-0.15, -0.1) is 24.0 Å². The molecule has 0 aliphatic heterocycles. The van der Waals surface area contributed by atoms with Gasteiger partial charge in [0.2, 0.25) is 11.8 Å². The second-order valence-electron chi connectivity index (χ2n) is 7.82. The van der Waals surface area contributed by atoms with Gasteiger partial charge in [-0.1, -0.05) is 23.8 Å². The number of halogens is 1. The van der Waals surface area contributed by atoms with Crippen LogP contribution >= 0.6 is 24.0 Å². The molecule has 2 N–H and O–H groups in total. The van der Waals surface area contributed by atoms with Crippen molar-refractivity contribution in [3.8, 4) is 17.3 Å². The van der Waals surface area contributed by atoms with Gasteiger partial charge in [-0.25, -0.2) is 9.97 Å². The van der Waals surface area contributed by atoms with Gasteiger partial charge in [-0.3, -0.25) is 4.99 Å². The predicted octanol–water partition coefficient (Wildman–Crippen LogP) is 4.85. The number of guanidine groups is 1. The predicted molar refractivity (Wildman–Crippen MR) is 136 cm³/mol. The van der Waals surface area contributed by atoms with E-state index in [1.807, 2.05) is 42.6 Å². The number of oxazole rings is 1. The van der Waals surface area contributed by atoms with Gasteiger partial charge in [0.15, 0.2) is 5.96 Å². The highest BCUT2D eigenvalue weighted by atomic mass is 127. The highest BCUT2D eigenvalue weighted by Gasteiger charge is 2.16. The number of pyridine rings is 1. The molecule has 3 aromatic rings. The van der Waals surface area contributed by atoms with Crippen LogP contribution < -0.4 is 15.4 Å². The van der Waals surface area contributed by atoms with E-state index < -0.39 is 0 Å². The third kappa shape index (κ3) is 6.69. The highest BCUT2D eigenvalue weighted by Crippen LogP contribution is 2.23. The largest absolute Gasteiger partial charge is 0.474 e. The van der Waals surface area contributed by atoms with Gasteiger partial charge < -0.3 is 19.8 Å². The van der Waals surface area contributed by atoms with E-state index in [0.29, 0.717) is 36.9 Å². The first-order chi connectivity index (χ1) is 15.2. The molecule has 8 heteroatoms. The second-order valence-corrected chi connectivity index (χ2v) is 7.82. The Hall–Kier alpha value is -2.62. The average molecular weight is 547 g/mol. The second kappa shape index (κ2) is 11.8. The van der Waals surface area contributed by atoms with E-state index in [4.69, 9.17) is 9.15 Å². The van der Waals surface area contributed by atoms with Gasteiger partial charge in [0.25, 0.3) is 0 Å². The van der Waals surface area contributed by atoms with Gasteiger partial charge in [-0.2, -0.15) is 0 Å². The Morgan fingerprint density at radius 3 is 2.53 bits per heavy atom. The first-order valence-electron chi connectivity index (χ1n) is 10.8. The monoisotopic (exact) mass is 547 g/mol. The van der Waals surface area contributed by atoms with Crippen molar-refractivity contribution in [2.75, 3.05) is 7.05 Å². The molecule has 2 heterocycles. The molecule has 0 bridgehead atoms. The van der Waals surface area contributed by atoms with Crippen LogP contribution in [0.25, 0.3) is 11.5 Å². The number of nitrogens with zero attached hydrogens (tertiary/aromatic N) is 3. The Bertz CT molecular complexity index is 996. The lowest BCUT2D eigenvalue weighted by molar-refractivity contribution is 0.201. The normalized spacial score (nSPS) is 14.1. The number of hydrogen-bond acceptors (Lipinski definition) is 5. The molecule has 0 radical (unpaired) electrons. The Morgan fingerprint density at radius 2 is 1.84 bits per heavy atom. The molecule has 1 fully saturated rings. The number of rotatable bonds is 7. The van der Waals surface area contributed by atoms with Gasteiger partial charge in [-0.05, 0) is 50.3 Å². The van der Waals surface area contributed by atoms with Crippen LogP contribution in [-0.2, 0) is 13.1 Å². The standard InChI is InChI=1S/C24H29N5O2.HI/c1-17-7-10-19(11-8-17)23-29-20(16-30-23)15-28-24(25-2)27-14-18-9-12-22(26-13-18)31-21-5-3-4-6-21;/h7-13,16,21H,3-6,14-15H2,1-2H3,(H2,25,27,28);1H. The van der Waals surface area contributed by atoms with Gasteiger partial charge in [0.05, 0.1) is 12.2 Å². The summed E-state index contributed by atoms with van der Waals surface area (Å²) in [6, 6.07) is 12.1. The van der Waals surface area contributed by atoms with Crippen molar-refractivity contribution in [2.45, 2.75) is 51.8 Å². The number of nitrogens with one attached hydrogen (secondary N) is 2. The van der Waals surface area contributed by atoms with E-state index in [1.54, 1.807) is 13.3 Å². The number of aryl methyl sites for hydroxylation is 1. The van der Waals surface area contributed by atoms with Gasteiger partial charge >= 0.3 is 0 Å². The molecule has 1 aliphatic carbocycles. The first kappa shape index (κ1) is 24.0. The molecule has 32 heavy (non-hydrogen) atoms. The molecule has 170 valence electrons. The highest BCUT2D eigenvalue weighted by molar-refractivity contribution is 14.0. The lowest BCUT2D eigenvalue weighted by atomic mass is 10.1. The third-order valence-corrected chi connectivity index (χ3v) is 5.36. The maximum Gasteiger partial charge on any atom is 0.226 e. The third-order valence-electron chi connectivity index (χ3n) is 5.36. The Labute approximate surface area is 206 Å². The minimum Gasteiger partial charge on any atom is -0.474 e. The maximum atomic E-state index is 5.92. The molecule has 2 aromatic heterocycles. The quantitative estimate of drug-likeness (QED) is 0.250. The lowest BCUT2D eigenvalue weighted by Crippen LogP contribution is -2.36. The SMILES string of the molecule is CN=C(NCc1ccc(OC2CCCC2)nc1)NCc1coc(-c2ccc(C)cc2)n1.I. The molecule has 0 spiro atoms. The van der Waals surface area contributed by atoms with Crippen molar-refractivity contribution in [1.29, 1.82) is 0 Å². The minimum absolute atomic E-state index is 0. The van der Waals surface area contributed by atoms with Crippen molar-refractivity contribution in [3.05, 3.63) is 65.7 Å². The smallest absolute Gasteiger partial charge is 0.226 e. The van der Waals surface area contributed by atoms with Crippen molar-refractivity contribution in [1.82, 2.24) is 20.6 Å². The maximum absolute atomic E-state index is 5.92. The summed E-state index contributed by atoms with van der Waals surface area (Å²) in [5, 5.41) is 6.55. The van der Waals surface area contributed by atoms with E-state index >= 15 is 0 Å². The van der Waals surface area contributed by atoms with Gasteiger partial charge in [0.1, 0.15) is 12.4 Å². The Morgan fingerprint density at radius 1 is 1.09 bits per heavy atom. The summed E-state index contributed by atoms with van der Waals surface area (Å²) in [7, 11) is 1.74. The molecule has 7 nitrogen and oxygen atoms in total. The van der Waals surface area contributed by atoms with Crippen molar-refractivity contribution in [2.24, 2.45) is 4.99 Å². The van der Waals surface area contributed by atoms with Crippen LogP contribution in [0.1, 0.15) is 42.5 Å². The number of aliphatic imine (C=N–C) groups is 1. The fourth-order valence-corrected chi connectivity index (χ4v) is 3.56. The number of hydrogen-bond donors (Lipinski definition) is 2. The summed E-state index contributed by atoms with van der Waals surface area (Å²) in [6.45, 7) is 3.19. The van der Waals surface area contributed by atoms with Crippen molar-refractivity contribution >= 4 is 29.9 Å². The van der Waals surface area contributed by atoms with Crippen LogP contribution in [0, 0.1) is 6.92 Å². The van der Waals surface area contributed by atoms with Crippen LogP contribution in [0.5, 0.6) is 5.88 Å². The van der Waals surface area contributed by atoms with E-state index in [-0.39, 0.29) is 24.0 Å². The molecule has 0 atom stereocenters. The van der Waals surface area contributed by atoms with E-state index in [0.717, 1.165) is 29.7 Å². The molecule has 1 saturated carbocycles. The van der Waals surface area contributed by atoms with E-state index in [9.17, 15) is 0 Å². The van der Waals surface area contributed by atoms with Gasteiger partial charge in [0, 0.05) is 31.4 Å². The Kier molecular flexibility index (Phi) is 8.90. The first-order valence-corrected chi connectivity index (χ1v) is 10.8. The topological polar surface area (TPSA) is 84.6 Å². The zero-order chi connectivity index (χ0) is 21.5. The summed E-state index contributed by atoms with van der Waals surface area (Å²) in [4.78, 5) is 13.3. The van der Waals surface area contributed by atoms with Crippen LogP contribution in [0.4, 0.5) is 0 Å². The summed E-state index contributed by atoms with van der Waals surface area (Å²) < 4.78 is 11.5. The molecular formula is C24H30IN5O2. The molecule has 1 aliphatic rings. The molecule has 4 rings (SSSR count). The average Bonchev–Trinajstić information content (AvgIpc) is 3.48. The van der Waals surface area contributed by atoms with Crippen LogP contribution in [0.3, 0.4) is 0 Å². The summed E-state index contributed by atoms with van der Waals surface area (Å²) in [5.41, 5.74) is 4.05. The molecular weight excluding hydrogens is 517 g/mol. The number of aromatic nitrogens is 2. The van der Waals surface area contributed by atoms with Crippen LogP contribution in [0.2, 0.25) is 0 Å². The molecule has 0 amide bonds. The zero-order valence-electron chi connectivity index (χ0n) is 18.5. The van der Waals surface area contributed by atoms with Crippen molar-refractivity contribution in [3.63, 3.8) is 0 Å². The zero-order valence-corrected chi connectivity index (χ0v) is 20.8. The van der Waals surface area contributed by atoms with Crippen LogP contribution in [-0.4, -0.2) is 29.1 Å². The molecule has 0 saturated heterocycles. The number of benzene rings is 1. The molecule has 1 aromatic carbocycles.